The Labute approximate surface area is 129 Å². The normalized spacial score (nSPS) is 12.4. The molecule has 0 radical (unpaired) electrons. The van der Waals surface area contributed by atoms with E-state index in [0.717, 1.165) is 13.0 Å². The Morgan fingerprint density at radius 2 is 1.67 bits per heavy atom. The van der Waals surface area contributed by atoms with Gasteiger partial charge in [-0.05, 0) is 68.5 Å². The average Bonchev–Trinajstić information content (AvgIpc) is 2.45. The van der Waals surface area contributed by atoms with Gasteiger partial charge in [-0.25, -0.2) is 0 Å². The average molecular weight is 281 g/mol. The van der Waals surface area contributed by atoms with Crippen LogP contribution >= 0.6 is 0 Å². The van der Waals surface area contributed by atoms with Crippen molar-refractivity contribution in [3.8, 4) is 0 Å². The van der Waals surface area contributed by atoms with E-state index in [0.29, 0.717) is 0 Å². The van der Waals surface area contributed by atoms with Gasteiger partial charge in [0.25, 0.3) is 0 Å². The fraction of sp³-hybridized carbons (Fsp3) is 0.400. The SMILES string of the molecule is CCCNC(c1ccc(C)cc1C)c1cccc(C)c1C. The van der Waals surface area contributed by atoms with Gasteiger partial charge in [0.1, 0.15) is 0 Å². The molecule has 0 spiro atoms. The van der Waals surface area contributed by atoms with Crippen LogP contribution in [-0.4, -0.2) is 6.54 Å². The maximum absolute atomic E-state index is 3.73. The molecule has 1 nitrogen and oxygen atoms in total. The molecule has 0 aromatic heterocycles. The molecule has 112 valence electrons. The monoisotopic (exact) mass is 281 g/mol. The molecule has 2 aromatic rings. The Bertz CT molecular complexity index is 613. The first-order chi connectivity index (χ1) is 10.0. The Hall–Kier alpha value is -1.60. The summed E-state index contributed by atoms with van der Waals surface area (Å²) >= 11 is 0. The smallest absolute Gasteiger partial charge is 0.0582 e. The summed E-state index contributed by atoms with van der Waals surface area (Å²) < 4.78 is 0. The zero-order valence-electron chi connectivity index (χ0n) is 14.0. The molecule has 2 aromatic carbocycles. The van der Waals surface area contributed by atoms with Gasteiger partial charge >= 0.3 is 0 Å². The summed E-state index contributed by atoms with van der Waals surface area (Å²) in [7, 11) is 0. The van der Waals surface area contributed by atoms with E-state index in [2.05, 4.69) is 76.3 Å². The molecule has 0 saturated heterocycles. The Balaban J connectivity index is 2.49. The molecule has 21 heavy (non-hydrogen) atoms. The van der Waals surface area contributed by atoms with E-state index in [1.165, 1.54) is 33.4 Å². The Kier molecular flexibility index (Phi) is 5.19. The zero-order chi connectivity index (χ0) is 15.4. The van der Waals surface area contributed by atoms with Gasteiger partial charge < -0.3 is 5.32 Å². The minimum atomic E-state index is 0.283. The summed E-state index contributed by atoms with van der Waals surface area (Å²) in [5.74, 6) is 0. The van der Waals surface area contributed by atoms with Crippen LogP contribution in [0.3, 0.4) is 0 Å². The summed E-state index contributed by atoms with van der Waals surface area (Å²) in [6.07, 6.45) is 1.15. The van der Waals surface area contributed by atoms with Crippen LogP contribution in [0.5, 0.6) is 0 Å². The highest BCUT2D eigenvalue weighted by Crippen LogP contribution is 2.29. The van der Waals surface area contributed by atoms with Crippen LogP contribution in [0.25, 0.3) is 0 Å². The number of rotatable bonds is 5. The van der Waals surface area contributed by atoms with Gasteiger partial charge in [-0.3, -0.25) is 0 Å². The topological polar surface area (TPSA) is 12.0 Å². The van der Waals surface area contributed by atoms with E-state index >= 15 is 0 Å². The molecule has 0 aliphatic heterocycles. The fourth-order valence-corrected chi connectivity index (χ4v) is 2.91. The largest absolute Gasteiger partial charge is 0.306 e. The van der Waals surface area contributed by atoms with Crippen LogP contribution in [0.15, 0.2) is 36.4 Å². The van der Waals surface area contributed by atoms with E-state index in [4.69, 9.17) is 0 Å². The maximum atomic E-state index is 3.73. The lowest BCUT2D eigenvalue weighted by atomic mass is 9.90. The molecular weight excluding hydrogens is 254 g/mol. The van der Waals surface area contributed by atoms with Crippen molar-refractivity contribution in [3.63, 3.8) is 0 Å². The second-order valence-corrected chi connectivity index (χ2v) is 6.04. The summed E-state index contributed by atoms with van der Waals surface area (Å²) in [5, 5.41) is 3.73. The first-order valence-corrected chi connectivity index (χ1v) is 7.91. The highest BCUT2D eigenvalue weighted by atomic mass is 14.9. The second kappa shape index (κ2) is 6.91. The lowest BCUT2D eigenvalue weighted by molar-refractivity contribution is 0.593. The van der Waals surface area contributed by atoms with Gasteiger partial charge in [-0.2, -0.15) is 0 Å². The molecule has 0 bridgehead atoms. The molecule has 0 amide bonds. The second-order valence-electron chi connectivity index (χ2n) is 6.04. The molecule has 0 aliphatic rings. The van der Waals surface area contributed by atoms with Crippen molar-refractivity contribution >= 4 is 0 Å². The first-order valence-electron chi connectivity index (χ1n) is 7.91. The number of hydrogen-bond acceptors (Lipinski definition) is 1. The molecule has 0 fully saturated rings. The van der Waals surface area contributed by atoms with E-state index in [-0.39, 0.29) is 6.04 Å². The van der Waals surface area contributed by atoms with Gasteiger partial charge in [0.15, 0.2) is 0 Å². The molecule has 1 unspecified atom stereocenters. The van der Waals surface area contributed by atoms with Gasteiger partial charge in [0, 0.05) is 0 Å². The summed E-state index contributed by atoms with van der Waals surface area (Å²) in [5.41, 5.74) is 8.24. The fourth-order valence-electron chi connectivity index (χ4n) is 2.91. The highest BCUT2D eigenvalue weighted by molar-refractivity contribution is 5.43. The number of nitrogens with one attached hydrogen (secondary N) is 1. The first kappa shape index (κ1) is 15.8. The van der Waals surface area contributed by atoms with E-state index < -0.39 is 0 Å². The third-order valence-electron chi connectivity index (χ3n) is 4.29. The lowest BCUT2D eigenvalue weighted by Crippen LogP contribution is -2.25. The number of aryl methyl sites for hydroxylation is 3. The van der Waals surface area contributed by atoms with Crippen molar-refractivity contribution in [2.75, 3.05) is 6.54 Å². The molecule has 2 rings (SSSR count). The van der Waals surface area contributed by atoms with Crippen molar-refractivity contribution in [1.82, 2.24) is 5.32 Å². The third kappa shape index (κ3) is 3.54. The van der Waals surface area contributed by atoms with Gasteiger partial charge in [0.2, 0.25) is 0 Å². The van der Waals surface area contributed by atoms with Gasteiger partial charge in [-0.1, -0.05) is 48.9 Å². The minimum Gasteiger partial charge on any atom is -0.306 e. The number of benzene rings is 2. The van der Waals surface area contributed by atoms with Crippen LogP contribution in [0.2, 0.25) is 0 Å². The van der Waals surface area contributed by atoms with Gasteiger partial charge in [0.05, 0.1) is 6.04 Å². The van der Waals surface area contributed by atoms with Crippen molar-refractivity contribution in [3.05, 3.63) is 69.8 Å². The third-order valence-corrected chi connectivity index (χ3v) is 4.29. The predicted molar refractivity (Wildman–Crippen MR) is 92.0 cm³/mol. The Morgan fingerprint density at radius 3 is 2.33 bits per heavy atom. The molecule has 0 heterocycles. The molecule has 1 heteroatoms. The van der Waals surface area contributed by atoms with Crippen LogP contribution in [0.4, 0.5) is 0 Å². The molecule has 1 N–H and O–H groups in total. The highest BCUT2D eigenvalue weighted by Gasteiger charge is 2.17. The Morgan fingerprint density at radius 1 is 0.905 bits per heavy atom. The van der Waals surface area contributed by atoms with E-state index in [1.54, 1.807) is 0 Å². The van der Waals surface area contributed by atoms with Crippen molar-refractivity contribution in [2.45, 2.75) is 47.1 Å². The van der Waals surface area contributed by atoms with Crippen LogP contribution < -0.4 is 5.32 Å². The molecular formula is C20H27N. The van der Waals surface area contributed by atoms with Crippen LogP contribution in [-0.2, 0) is 0 Å². The van der Waals surface area contributed by atoms with E-state index in [9.17, 15) is 0 Å². The summed E-state index contributed by atoms with van der Waals surface area (Å²) in [4.78, 5) is 0. The van der Waals surface area contributed by atoms with Crippen molar-refractivity contribution in [1.29, 1.82) is 0 Å². The molecule has 1 atom stereocenters. The van der Waals surface area contributed by atoms with Gasteiger partial charge in [-0.15, -0.1) is 0 Å². The van der Waals surface area contributed by atoms with E-state index in [1.807, 2.05) is 0 Å². The predicted octanol–water partition coefficient (Wildman–Crippen LogP) is 5.01. The quantitative estimate of drug-likeness (QED) is 0.812. The van der Waals surface area contributed by atoms with Crippen molar-refractivity contribution in [2.24, 2.45) is 0 Å². The lowest BCUT2D eigenvalue weighted by Gasteiger charge is -2.24. The molecule has 0 aliphatic carbocycles. The molecule has 0 saturated carbocycles. The zero-order valence-corrected chi connectivity index (χ0v) is 14.0. The summed E-state index contributed by atoms with van der Waals surface area (Å²) in [6, 6.07) is 13.7. The standard InChI is InChI=1S/C20H27N/c1-6-12-21-20(18-11-10-14(2)13-16(18)4)19-9-7-8-15(3)17(19)5/h7-11,13,20-21H,6,12H2,1-5H3. The minimum absolute atomic E-state index is 0.283. The van der Waals surface area contributed by atoms with Crippen molar-refractivity contribution < 1.29 is 0 Å². The number of hydrogen-bond donors (Lipinski definition) is 1. The maximum Gasteiger partial charge on any atom is 0.0582 e. The van der Waals surface area contributed by atoms with Crippen LogP contribution in [0, 0.1) is 27.7 Å². The summed E-state index contributed by atoms with van der Waals surface area (Å²) in [6.45, 7) is 12.0. The van der Waals surface area contributed by atoms with Crippen LogP contribution in [0.1, 0.15) is 52.8 Å².